The van der Waals surface area contributed by atoms with E-state index >= 15 is 0 Å². The molecule has 2 rings (SSSR count). The molecule has 8 heteroatoms. The van der Waals surface area contributed by atoms with Gasteiger partial charge in [0.25, 0.3) is 0 Å². The minimum atomic E-state index is -0.491. The van der Waals surface area contributed by atoms with Crippen molar-refractivity contribution in [2.24, 2.45) is 17.3 Å². The van der Waals surface area contributed by atoms with E-state index in [-0.39, 0.29) is 29.0 Å². The van der Waals surface area contributed by atoms with Crippen LogP contribution in [-0.2, 0) is 22.8 Å². The molecule has 2 unspecified atom stereocenters. The fourth-order valence-electron chi connectivity index (χ4n) is 2.72. The van der Waals surface area contributed by atoms with Crippen LogP contribution in [0.5, 0.6) is 5.88 Å². The van der Waals surface area contributed by atoms with Crippen molar-refractivity contribution in [2.45, 2.75) is 34.0 Å². The largest absolute Gasteiger partial charge is 0.493 e. The second kappa shape index (κ2) is 6.13. The van der Waals surface area contributed by atoms with Crippen LogP contribution < -0.4 is 5.69 Å². The number of nitrogens with zero attached hydrogens (tertiary/aromatic N) is 3. The third-order valence-corrected chi connectivity index (χ3v) is 4.51. The standard InChI is InChI=1S/C15H18ClN3O4/c1-4-18-7-11(20)19(14(18)22)8-23-13(21)12-10(15(12,2)3)5-9(16)6-17/h5,7,10,12,20H,4,8H2,1-3H3. The zero-order valence-corrected chi connectivity index (χ0v) is 13.9. The zero-order valence-electron chi connectivity index (χ0n) is 13.1. The lowest BCUT2D eigenvalue weighted by atomic mass is 10.1. The van der Waals surface area contributed by atoms with Crippen molar-refractivity contribution in [2.75, 3.05) is 0 Å². The van der Waals surface area contributed by atoms with Gasteiger partial charge in [-0.2, -0.15) is 5.26 Å². The molecular weight excluding hydrogens is 322 g/mol. The Labute approximate surface area is 138 Å². The van der Waals surface area contributed by atoms with Gasteiger partial charge in [-0.15, -0.1) is 0 Å². The van der Waals surface area contributed by atoms with Crippen LogP contribution in [0.15, 0.2) is 22.1 Å². The van der Waals surface area contributed by atoms with Gasteiger partial charge in [0.15, 0.2) is 6.73 Å². The molecule has 1 heterocycles. The van der Waals surface area contributed by atoms with Crippen LogP contribution in [0, 0.1) is 28.6 Å². The van der Waals surface area contributed by atoms with Crippen LogP contribution in [0.4, 0.5) is 0 Å². The molecule has 1 N–H and O–H groups in total. The highest BCUT2D eigenvalue weighted by Crippen LogP contribution is 2.60. The Balaban J connectivity index is 2.06. The van der Waals surface area contributed by atoms with Crippen LogP contribution in [0.3, 0.4) is 0 Å². The smallest absolute Gasteiger partial charge is 0.333 e. The monoisotopic (exact) mass is 339 g/mol. The second-order valence-electron chi connectivity index (χ2n) is 6.03. The summed E-state index contributed by atoms with van der Waals surface area (Å²) in [6.07, 6.45) is 2.83. The lowest BCUT2D eigenvalue weighted by Gasteiger charge is -2.06. The average molecular weight is 340 g/mol. The summed E-state index contributed by atoms with van der Waals surface area (Å²) in [5.41, 5.74) is -0.812. The SMILES string of the molecule is CCn1cc(O)n(COC(=O)C2C(C=C(Cl)C#N)C2(C)C)c1=O. The van der Waals surface area contributed by atoms with Crippen molar-refractivity contribution in [3.05, 3.63) is 27.8 Å². The Morgan fingerprint density at radius 3 is 2.78 bits per heavy atom. The Hall–Kier alpha value is -2.20. The summed E-state index contributed by atoms with van der Waals surface area (Å²) in [7, 11) is 0. The van der Waals surface area contributed by atoms with Gasteiger partial charge in [-0.05, 0) is 18.3 Å². The van der Waals surface area contributed by atoms with Gasteiger partial charge >= 0.3 is 11.7 Å². The predicted molar refractivity (Wildman–Crippen MR) is 82.4 cm³/mol. The van der Waals surface area contributed by atoms with E-state index in [0.717, 1.165) is 4.57 Å². The van der Waals surface area contributed by atoms with E-state index in [4.69, 9.17) is 21.6 Å². The molecule has 0 aliphatic heterocycles. The fourth-order valence-corrected chi connectivity index (χ4v) is 2.85. The third-order valence-electron chi connectivity index (χ3n) is 4.30. The maximum Gasteiger partial charge on any atom is 0.333 e. The molecule has 1 fully saturated rings. The van der Waals surface area contributed by atoms with Gasteiger partial charge in [-0.3, -0.25) is 9.36 Å². The first-order valence-electron chi connectivity index (χ1n) is 7.17. The predicted octanol–water partition coefficient (Wildman–Crippen LogP) is 1.79. The highest BCUT2D eigenvalue weighted by molar-refractivity contribution is 6.31. The molecule has 0 bridgehead atoms. The molecule has 1 aliphatic rings. The van der Waals surface area contributed by atoms with Crippen LogP contribution in [0.25, 0.3) is 0 Å². The first kappa shape index (κ1) is 17.2. The Kier molecular flexibility index (Phi) is 4.57. The quantitative estimate of drug-likeness (QED) is 0.651. The molecule has 0 aromatic carbocycles. The number of hydrogen-bond donors (Lipinski definition) is 1. The minimum Gasteiger partial charge on any atom is -0.493 e. The number of carbonyl (C=O) groups excluding carboxylic acids is 1. The van der Waals surface area contributed by atoms with Gasteiger partial charge < -0.3 is 9.84 Å². The van der Waals surface area contributed by atoms with Crippen LogP contribution in [-0.4, -0.2) is 20.2 Å². The van der Waals surface area contributed by atoms with Gasteiger partial charge in [-0.1, -0.05) is 31.5 Å². The number of hydrogen-bond acceptors (Lipinski definition) is 5. The van der Waals surface area contributed by atoms with Gasteiger partial charge in [0.05, 0.1) is 12.1 Å². The lowest BCUT2D eigenvalue weighted by Crippen LogP contribution is -2.26. The number of allylic oxidation sites excluding steroid dienone is 2. The van der Waals surface area contributed by atoms with Crippen LogP contribution in [0.1, 0.15) is 20.8 Å². The molecule has 2 atom stereocenters. The van der Waals surface area contributed by atoms with Crippen molar-refractivity contribution in [1.29, 1.82) is 5.26 Å². The van der Waals surface area contributed by atoms with E-state index in [1.807, 2.05) is 19.9 Å². The number of rotatable bonds is 5. The van der Waals surface area contributed by atoms with E-state index in [2.05, 4.69) is 0 Å². The molecule has 1 aliphatic carbocycles. The third kappa shape index (κ3) is 3.13. The van der Waals surface area contributed by atoms with E-state index < -0.39 is 17.6 Å². The Bertz CT molecular complexity index is 754. The van der Waals surface area contributed by atoms with Crippen molar-refractivity contribution in [1.82, 2.24) is 9.13 Å². The highest BCUT2D eigenvalue weighted by Gasteiger charge is 2.61. The zero-order chi connectivity index (χ0) is 17.4. The van der Waals surface area contributed by atoms with Crippen molar-refractivity contribution in [3.63, 3.8) is 0 Å². The molecule has 0 saturated heterocycles. The maximum atomic E-state index is 12.2. The van der Waals surface area contributed by atoms with E-state index in [9.17, 15) is 14.7 Å². The number of carbonyl (C=O) groups is 1. The molecule has 1 saturated carbocycles. The molecule has 1 aromatic heterocycles. The van der Waals surface area contributed by atoms with Crippen LogP contribution >= 0.6 is 11.6 Å². The normalized spacial score (nSPS) is 22.5. The summed E-state index contributed by atoms with van der Waals surface area (Å²) in [4.78, 5) is 24.1. The minimum absolute atomic E-state index is 0.0345. The molecular formula is C15H18ClN3O4. The van der Waals surface area contributed by atoms with Crippen molar-refractivity contribution >= 4 is 17.6 Å². The molecule has 1 aromatic rings. The average Bonchev–Trinajstić information content (AvgIpc) is 2.91. The first-order chi connectivity index (χ1) is 10.7. The van der Waals surface area contributed by atoms with E-state index in [1.165, 1.54) is 10.8 Å². The van der Waals surface area contributed by atoms with Gasteiger partial charge in [0, 0.05) is 6.54 Å². The van der Waals surface area contributed by atoms with Crippen LogP contribution in [0.2, 0.25) is 0 Å². The van der Waals surface area contributed by atoms with Crippen molar-refractivity contribution < 1.29 is 14.6 Å². The van der Waals surface area contributed by atoms with Gasteiger partial charge in [0.2, 0.25) is 5.88 Å². The molecule has 0 amide bonds. The molecule has 0 radical (unpaired) electrons. The molecule has 7 nitrogen and oxygen atoms in total. The van der Waals surface area contributed by atoms with Crippen molar-refractivity contribution in [3.8, 4) is 11.9 Å². The maximum absolute atomic E-state index is 12.2. The number of halogens is 1. The van der Waals surface area contributed by atoms with Gasteiger partial charge in [0.1, 0.15) is 11.1 Å². The number of aryl methyl sites for hydroxylation is 1. The fraction of sp³-hybridized carbons (Fsp3) is 0.533. The Morgan fingerprint density at radius 2 is 2.26 bits per heavy atom. The number of ether oxygens (including phenoxy) is 1. The highest BCUT2D eigenvalue weighted by atomic mass is 35.5. The molecule has 0 spiro atoms. The van der Waals surface area contributed by atoms with Gasteiger partial charge in [-0.25, -0.2) is 9.36 Å². The summed E-state index contributed by atoms with van der Waals surface area (Å²) in [6.45, 7) is 5.56. The number of imidazole rings is 1. The summed E-state index contributed by atoms with van der Waals surface area (Å²) >= 11 is 5.70. The topological polar surface area (TPSA) is 97.2 Å². The second-order valence-corrected chi connectivity index (χ2v) is 6.43. The van der Waals surface area contributed by atoms with E-state index in [1.54, 1.807) is 13.0 Å². The summed E-state index contributed by atoms with van der Waals surface area (Å²) in [6, 6.07) is 1.81. The summed E-state index contributed by atoms with van der Waals surface area (Å²) in [5.74, 6) is -1.37. The molecule has 23 heavy (non-hydrogen) atoms. The molecule has 124 valence electrons. The lowest BCUT2D eigenvalue weighted by molar-refractivity contribution is -0.150. The Morgan fingerprint density at radius 1 is 1.61 bits per heavy atom. The van der Waals surface area contributed by atoms with E-state index in [0.29, 0.717) is 6.54 Å². The number of aromatic nitrogens is 2. The number of aromatic hydroxyl groups is 1. The number of esters is 1. The number of nitriles is 1. The summed E-state index contributed by atoms with van der Waals surface area (Å²) in [5, 5.41) is 18.4. The first-order valence-corrected chi connectivity index (χ1v) is 7.54. The summed E-state index contributed by atoms with van der Waals surface area (Å²) < 4.78 is 7.43.